The molecule has 1 aromatic carbocycles. The quantitative estimate of drug-likeness (QED) is 0.926. The van der Waals surface area contributed by atoms with Gasteiger partial charge in [0.2, 0.25) is 0 Å². The van der Waals surface area contributed by atoms with E-state index in [1.54, 1.807) is 0 Å². The summed E-state index contributed by atoms with van der Waals surface area (Å²) >= 11 is 3.49. The zero-order valence-electron chi connectivity index (χ0n) is 9.32. The highest BCUT2D eigenvalue weighted by Gasteiger charge is 2.25. The van der Waals surface area contributed by atoms with Gasteiger partial charge in [-0.2, -0.15) is 0 Å². The number of benzene rings is 1. The van der Waals surface area contributed by atoms with Gasteiger partial charge in [0.25, 0.3) is 0 Å². The van der Waals surface area contributed by atoms with Gasteiger partial charge in [0.1, 0.15) is 6.61 Å². The number of nitrogens with zero attached hydrogens (tertiary/aromatic N) is 1. The van der Waals surface area contributed by atoms with Crippen LogP contribution in [0.25, 0.3) is 0 Å². The van der Waals surface area contributed by atoms with Crippen LogP contribution in [0.4, 0.5) is 5.69 Å². The molecule has 0 fully saturated rings. The first-order chi connectivity index (χ1) is 7.74. The molecule has 1 unspecified atom stereocenters. The van der Waals surface area contributed by atoms with E-state index in [2.05, 4.69) is 33.9 Å². The van der Waals surface area contributed by atoms with Crippen molar-refractivity contribution in [3.63, 3.8) is 0 Å². The Balaban J connectivity index is 2.18. The molecule has 0 amide bonds. The van der Waals surface area contributed by atoms with Crippen molar-refractivity contribution >= 4 is 21.6 Å². The fourth-order valence-corrected chi connectivity index (χ4v) is 2.48. The summed E-state index contributed by atoms with van der Waals surface area (Å²) in [6.45, 7) is 0.932. The molecule has 0 bridgehead atoms. The number of hydrogen-bond donors (Lipinski definition) is 1. The summed E-state index contributed by atoms with van der Waals surface area (Å²) in [5.74, 6) is 0.922. The van der Waals surface area contributed by atoms with Gasteiger partial charge in [0.05, 0.1) is 16.2 Å². The number of halogens is 1. The van der Waals surface area contributed by atoms with E-state index in [4.69, 9.17) is 9.84 Å². The van der Waals surface area contributed by atoms with Gasteiger partial charge >= 0.3 is 0 Å². The first kappa shape index (κ1) is 11.7. The molecule has 1 heterocycles. The number of ether oxygens (including phenoxy) is 1. The maximum absolute atomic E-state index is 8.86. The van der Waals surface area contributed by atoms with E-state index < -0.39 is 0 Å². The molecule has 4 heteroatoms. The summed E-state index contributed by atoms with van der Waals surface area (Å²) in [6.07, 6.45) is 1.78. The Labute approximate surface area is 104 Å². The molecule has 88 valence electrons. The van der Waals surface area contributed by atoms with Crippen LogP contribution in [-0.2, 0) is 0 Å². The largest absolute Gasteiger partial charge is 0.488 e. The maximum Gasteiger partial charge on any atom is 0.156 e. The first-order valence-electron chi connectivity index (χ1n) is 5.49. The third-order valence-corrected chi connectivity index (χ3v) is 3.61. The summed E-state index contributed by atoms with van der Waals surface area (Å²) < 4.78 is 6.76. The monoisotopic (exact) mass is 285 g/mol. The van der Waals surface area contributed by atoms with E-state index in [1.165, 1.54) is 0 Å². The lowest BCUT2D eigenvalue weighted by atomic mass is 10.1. The van der Waals surface area contributed by atoms with E-state index in [0.717, 1.165) is 28.8 Å². The molecule has 0 aliphatic carbocycles. The Morgan fingerprint density at radius 3 is 3.12 bits per heavy atom. The van der Waals surface area contributed by atoms with Gasteiger partial charge in [-0.3, -0.25) is 0 Å². The SMILES string of the molecule is CN1c2cccc(Br)c2OCC1CCCO. The van der Waals surface area contributed by atoms with Crippen LogP contribution in [0.2, 0.25) is 0 Å². The fraction of sp³-hybridized carbons (Fsp3) is 0.500. The Hall–Kier alpha value is -0.740. The lowest BCUT2D eigenvalue weighted by Crippen LogP contribution is -2.40. The zero-order chi connectivity index (χ0) is 11.5. The number of aliphatic hydroxyl groups is 1. The maximum atomic E-state index is 8.86. The van der Waals surface area contributed by atoms with Crippen LogP contribution in [0.1, 0.15) is 12.8 Å². The molecule has 0 aromatic heterocycles. The summed E-state index contributed by atoms with van der Waals surface area (Å²) in [7, 11) is 2.08. The highest BCUT2D eigenvalue weighted by molar-refractivity contribution is 9.10. The number of hydrogen-bond acceptors (Lipinski definition) is 3. The van der Waals surface area contributed by atoms with E-state index in [1.807, 2.05) is 12.1 Å². The Bertz CT molecular complexity index is 370. The molecule has 1 aromatic rings. The molecule has 0 spiro atoms. The van der Waals surface area contributed by atoms with E-state index in [-0.39, 0.29) is 6.61 Å². The van der Waals surface area contributed by atoms with E-state index in [0.29, 0.717) is 12.6 Å². The van der Waals surface area contributed by atoms with E-state index in [9.17, 15) is 0 Å². The minimum Gasteiger partial charge on any atom is -0.488 e. The van der Waals surface area contributed by atoms with Crippen LogP contribution in [0.15, 0.2) is 22.7 Å². The molecule has 0 saturated carbocycles. The number of para-hydroxylation sites is 1. The van der Waals surface area contributed by atoms with Crippen LogP contribution >= 0.6 is 15.9 Å². The topological polar surface area (TPSA) is 32.7 Å². The normalized spacial score (nSPS) is 19.2. The van der Waals surface area contributed by atoms with E-state index >= 15 is 0 Å². The Morgan fingerprint density at radius 1 is 1.56 bits per heavy atom. The number of likely N-dealkylation sites (N-methyl/N-ethyl adjacent to an activating group) is 1. The minimum absolute atomic E-state index is 0.246. The summed E-state index contributed by atoms with van der Waals surface area (Å²) in [6, 6.07) is 6.41. The molecule has 3 nitrogen and oxygen atoms in total. The van der Waals surface area contributed by atoms with Gasteiger partial charge in [-0.05, 0) is 40.9 Å². The van der Waals surface area contributed by atoms with Crippen LogP contribution in [0, 0.1) is 0 Å². The molecular weight excluding hydrogens is 270 g/mol. The lowest BCUT2D eigenvalue weighted by molar-refractivity contribution is 0.235. The van der Waals surface area contributed by atoms with Crippen molar-refractivity contribution in [1.29, 1.82) is 0 Å². The number of aliphatic hydroxyl groups excluding tert-OH is 1. The van der Waals surface area contributed by atoms with Crippen molar-refractivity contribution in [2.24, 2.45) is 0 Å². The number of rotatable bonds is 3. The second kappa shape index (κ2) is 5.06. The van der Waals surface area contributed by atoms with Gasteiger partial charge in [-0.15, -0.1) is 0 Å². The number of anilines is 1. The van der Waals surface area contributed by atoms with Gasteiger partial charge in [0, 0.05) is 13.7 Å². The molecule has 16 heavy (non-hydrogen) atoms. The van der Waals surface area contributed by atoms with Crippen molar-refractivity contribution in [2.75, 3.05) is 25.2 Å². The average Bonchev–Trinajstić information content (AvgIpc) is 2.29. The van der Waals surface area contributed by atoms with Crippen molar-refractivity contribution < 1.29 is 9.84 Å². The fourth-order valence-electron chi connectivity index (χ4n) is 2.01. The number of fused-ring (bicyclic) bond motifs is 1. The molecule has 0 radical (unpaired) electrons. The van der Waals surface area contributed by atoms with Gasteiger partial charge in [-0.25, -0.2) is 0 Å². The molecule has 2 rings (SSSR count). The van der Waals surface area contributed by atoms with Crippen LogP contribution in [-0.4, -0.2) is 31.4 Å². The minimum atomic E-state index is 0.246. The Morgan fingerprint density at radius 2 is 2.38 bits per heavy atom. The standard InChI is InChI=1S/C12H16BrNO2/c1-14-9(4-3-7-15)8-16-12-10(13)5-2-6-11(12)14/h2,5-6,9,15H,3-4,7-8H2,1H3. The lowest BCUT2D eigenvalue weighted by Gasteiger charge is -2.36. The summed E-state index contributed by atoms with van der Waals surface area (Å²) in [4.78, 5) is 2.24. The van der Waals surface area contributed by atoms with Crippen molar-refractivity contribution in [2.45, 2.75) is 18.9 Å². The predicted molar refractivity (Wildman–Crippen MR) is 68.1 cm³/mol. The van der Waals surface area contributed by atoms with Crippen LogP contribution in [0.3, 0.4) is 0 Å². The smallest absolute Gasteiger partial charge is 0.156 e. The highest BCUT2D eigenvalue weighted by atomic mass is 79.9. The highest BCUT2D eigenvalue weighted by Crippen LogP contribution is 2.39. The summed E-state index contributed by atoms with van der Waals surface area (Å²) in [5.41, 5.74) is 1.11. The Kier molecular flexibility index (Phi) is 3.71. The van der Waals surface area contributed by atoms with Crippen molar-refractivity contribution in [3.8, 4) is 5.75 Å². The van der Waals surface area contributed by atoms with Crippen molar-refractivity contribution in [3.05, 3.63) is 22.7 Å². The summed E-state index contributed by atoms with van der Waals surface area (Å²) in [5, 5.41) is 8.86. The third kappa shape index (κ3) is 2.18. The molecule has 0 saturated heterocycles. The van der Waals surface area contributed by atoms with Crippen LogP contribution in [0.5, 0.6) is 5.75 Å². The predicted octanol–water partition coefficient (Wildman–Crippen LogP) is 2.42. The zero-order valence-corrected chi connectivity index (χ0v) is 10.9. The van der Waals surface area contributed by atoms with Crippen LogP contribution < -0.4 is 9.64 Å². The molecule has 1 aliphatic heterocycles. The molecular formula is C12H16BrNO2. The van der Waals surface area contributed by atoms with Gasteiger partial charge in [-0.1, -0.05) is 6.07 Å². The molecule has 1 N–H and O–H groups in total. The average molecular weight is 286 g/mol. The first-order valence-corrected chi connectivity index (χ1v) is 6.28. The molecule has 1 aliphatic rings. The van der Waals surface area contributed by atoms with Gasteiger partial charge in [0.15, 0.2) is 5.75 Å². The second-order valence-electron chi connectivity index (χ2n) is 4.03. The third-order valence-electron chi connectivity index (χ3n) is 2.99. The van der Waals surface area contributed by atoms with Crippen molar-refractivity contribution in [1.82, 2.24) is 0 Å². The van der Waals surface area contributed by atoms with Gasteiger partial charge < -0.3 is 14.7 Å². The second-order valence-corrected chi connectivity index (χ2v) is 4.88. The molecule has 1 atom stereocenters.